The van der Waals surface area contributed by atoms with Gasteiger partial charge in [-0.15, -0.1) is 0 Å². The molecule has 0 radical (unpaired) electrons. The minimum absolute atomic E-state index is 0.0108. The minimum atomic E-state index is -0.944. The molecule has 0 atom stereocenters. The molecule has 0 rings (SSSR count). The summed E-state index contributed by atoms with van der Waals surface area (Å²) < 4.78 is 18.2. The highest BCUT2D eigenvalue weighted by Crippen LogP contribution is 2.27. The molecule has 0 spiro atoms. The Balaban J connectivity index is 5.44. The van der Waals surface area contributed by atoms with Crippen molar-refractivity contribution in [2.75, 3.05) is 78.9 Å². The first-order valence-corrected chi connectivity index (χ1v) is 24.2. The van der Waals surface area contributed by atoms with E-state index in [1.807, 2.05) is 20.8 Å². The SMILES string of the molecule is CCCCC(=O)NCCCNC(=O)CCOCC(COCCC(=O)NCCCNC(=O)CCCC)(COCCC(=O)NCCCNC(=O)CCCC)CC(=O)CCCCCC(C)C. The number of unbranched alkanes of at least 4 members (excludes halogenated alkanes) is 5. The summed E-state index contributed by atoms with van der Waals surface area (Å²) in [4.78, 5) is 86.9. The number of ether oxygens (including phenoxy) is 3. The fraction of sp³-hybridized carbons (Fsp3) is 0.851. The van der Waals surface area contributed by atoms with Crippen LogP contribution >= 0.6 is 0 Å². The number of carbonyl (C=O) groups excluding carboxylic acids is 7. The summed E-state index contributed by atoms with van der Waals surface area (Å²) in [5, 5.41) is 17.1. The van der Waals surface area contributed by atoms with Crippen molar-refractivity contribution in [3.8, 4) is 0 Å². The fourth-order valence-corrected chi connectivity index (χ4v) is 6.37. The maximum Gasteiger partial charge on any atom is 0.222 e. The lowest BCUT2D eigenvalue weighted by molar-refractivity contribution is -0.133. The Kier molecular flexibility index (Phi) is 38.7. The van der Waals surface area contributed by atoms with Crippen LogP contribution in [0.4, 0.5) is 0 Å². The van der Waals surface area contributed by atoms with E-state index in [-0.39, 0.29) is 107 Å². The van der Waals surface area contributed by atoms with Crippen LogP contribution in [0.1, 0.15) is 169 Å². The van der Waals surface area contributed by atoms with Gasteiger partial charge in [0.1, 0.15) is 5.78 Å². The Morgan fingerprint density at radius 1 is 0.397 bits per heavy atom. The van der Waals surface area contributed by atoms with Crippen LogP contribution in [-0.2, 0) is 47.8 Å². The van der Waals surface area contributed by atoms with Crippen LogP contribution in [0, 0.1) is 11.3 Å². The van der Waals surface area contributed by atoms with Gasteiger partial charge in [-0.05, 0) is 50.9 Å². The van der Waals surface area contributed by atoms with Crippen LogP contribution < -0.4 is 31.9 Å². The summed E-state index contributed by atoms with van der Waals surface area (Å²) in [6.07, 6.45) is 13.3. The van der Waals surface area contributed by atoms with Crippen LogP contribution in [0.5, 0.6) is 0 Å². The van der Waals surface area contributed by atoms with Gasteiger partial charge < -0.3 is 46.1 Å². The van der Waals surface area contributed by atoms with Crippen molar-refractivity contribution in [2.24, 2.45) is 11.3 Å². The molecule has 366 valence electrons. The van der Waals surface area contributed by atoms with Crippen molar-refractivity contribution in [3.63, 3.8) is 0 Å². The van der Waals surface area contributed by atoms with Crippen LogP contribution in [0.3, 0.4) is 0 Å². The van der Waals surface area contributed by atoms with Gasteiger partial charge in [-0.3, -0.25) is 33.6 Å². The first kappa shape index (κ1) is 59.4. The fourth-order valence-electron chi connectivity index (χ4n) is 6.37. The second kappa shape index (κ2) is 41.1. The van der Waals surface area contributed by atoms with Crippen molar-refractivity contribution >= 4 is 41.2 Å². The molecule has 0 aromatic rings. The highest BCUT2D eigenvalue weighted by atomic mass is 16.5. The summed E-state index contributed by atoms with van der Waals surface area (Å²) in [7, 11) is 0. The van der Waals surface area contributed by atoms with E-state index in [0.29, 0.717) is 90.1 Å². The lowest BCUT2D eigenvalue weighted by Gasteiger charge is -2.33. The number of Topliss-reactive ketones (excluding diaryl/α,β-unsaturated/α-hetero) is 1. The Morgan fingerprint density at radius 3 is 1.02 bits per heavy atom. The average Bonchev–Trinajstić information content (AvgIpc) is 3.25. The molecule has 0 bridgehead atoms. The standard InChI is InChI=1S/C47H88N6O10/c1-6-9-20-41(55)48-26-15-29-51-44(58)23-32-61-36-47(35-40(54)19-14-12-13-18-39(4)5,37-62-33-24-45(59)52-30-16-27-49-42(56)21-10-7-2)38-63-34-25-46(60)53-31-17-28-50-43(57)22-11-8-3/h39H,6-38H2,1-5H3,(H,48,55)(H,49,56)(H,50,57)(H,51,58)(H,52,59)(H,53,60). The molecule has 16 nitrogen and oxygen atoms in total. The van der Waals surface area contributed by atoms with E-state index in [2.05, 4.69) is 45.7 Å². The molecule has 63 heavy (non-hydrogen) atoms. The molecule has 0 aliphatic carbocycles. The Morgan fingerprint density at radius 2 is 0.714 bits per heavy atom. The number of hydrogen-bond acceptors (Lipinski definition) is 10. The van der Waals surface area contributed by atoms with Gasteiger partial charge in [0.05, 0.1) is 39.6 Å². The second-order valence-corrected chi connectivity index (χ2v) is 17.1. The molecule has 0 unspecified atom stereocenters. The molecule has 0 saturated carbocycles. The Bertz CT molecular complexity index is 1130. The third-order valence-electron chi connectivity index (χ3n) is 10.2. The molecule has 0 fully saturated rings. The Labute approximate surface area is 379 Å². The minimum Gasteiger partial charge on any atom is -0.380 e. The van der Waals surface area contributed by atoms with Crippen molar-refractivity contribution in [1.82, 2.24) is 31.9 Å². The van der Waals surface area contributed by atoms with Gasteiger partial charge in [-0.1, -0.05) is 73.1 Å². The molecule has 0 aliphatic heterocycles. The van der Waals surface area contributed by atoms with Crippen molar-refractivity contribution < 1.29 is 47.8 Å². The lowest BCUT2D eigenvalue weighted by atomic mass is 9.83. The molecule has 6 N–H and O–H groups in total. The third kappa shape index (κ3) is 38.5. The van der Waals surface area contributed by atoms with E-state index in [4.69, 9.17) is 14.2 Å². The van der Waals surface area contributed by atoms with E-state index >= 15 is 0 Å². The molecule has 0 aromatic heterocycles. The third-order valence-corrected chi connectivity index (χ3v) is 10.2. The van der Waals surface area contributed by atoms with Crippen molar-refractivity contribution in [1.29, 1.82) is 0 Å². The molecular weight excluding hydrogens is 809 g/mol. The topological polar surface area (TPSA) is 219 Å². The van der Waals surface area contributed by atoms with Gasteiger partial charge in [-0.25, -0.2) is 0 Å². The van der Waals surface area contributed by atoms with Gasteiger partial charge in [0.2, 0.25) is 35.4 Å². The molecule has 0 aromatic carbocycles. The summed E-state index contributed by atoms with van der Waals surface area (Å²) in [5.74, 6) is 0.0757. The van der Waals surface area contributed by atoms with E-state index < -0.39 is 5.41 Å². The molecule has 0 aliphatic rings. The van der Waals surface area contributed by atoms with Crippen LogP contribution in [0.2, 0.25) is 0 Å². The number of nitrogens with one attached hydrogen (secondary N) is 6. The number of ketones is 1. The maximum atomic E-state index is 13.5. The summed E-state index contributed by atoms with van der Waals surface area (Å²) in [5.41, 5.74) is -0.944. The van der Waals surface area contributed by atoms with E-state index in [1.165, 1.54) is 0 Å². The van der Waals surface area contributed by atoms with Crippen LogP contribution in [-0.4, -0.2) is 120 Å². The van der Waals surface area contributed by atoms with E-state index in [9.17, 15) is 33.6 Å². The zero-order valence-corrected chi connectivity index (χ0v) is 40.0. The van der Waals surface area contributed by atoms with Crippen molar-refractivity contribution in [3.05, 3.63) is 0 Å². The maximum absolute atomic E-state index is 13.5. The Hall–Kier alpha value is -3.63. The smallest absolute Gasteiger partial charge is 0.222 e. The largest absolute Gasteiger partial charge is 0.380 e. The molecule has 6 amide bonds. The van der Waals surface area contributed by atoms with Gasteiger partial charge in [0, 0.05) is 96.1 Å². The number of amides is 6. The summed E-state index contributed by atoms with van der Waals surface area (Å²) in [6.45, 7) is 13.6. The number of rotatable bonds is 44. The predicted molar refractivity (Wildman–Crippen MR) is 247 cm³/mol. The molecular formula is C47H88N6O10. The molecule has 16 heteroatoms. The molecule has 0 saturated heterocycles. The van der Waals surface area contributed by atoms with Gasteiger partial charge in [0.15, 0.2) is 0 Å². The second-order valence-electron chi connectivity index (χ2n) is 17.1. The lowest BCUT2D eigenvalue weighted by Crippen LogP contribution is -2.40. The predicted octanol–water partition coefficient (Wildman–Crippen LogP) is 5.20. The quantitative estimate of drug-likeness (QED) is 0.0440. The van der Waals surface area contributed by atoms with Gasteiger partial charge in [-0.2, -0.15) is 0 Å². The number of carbonyl (C=O) groups is 7. The summed E-state index contributed by atoms with van der Waals surface area (Å²) >= 11 is 0. The van der Waals surface area contributed by atoms with Crippen LogP contribution in [0.15, 0.2) is 0 Å². The van der Waals surface area contributed by atoms with Crippen LogP contribution in [0.25, 0.3) is 0 Å². The van der Waals surface area contributed by atoms with Crippen molar-refractivity contribution in [2.45, 2.75) is 169 Å². The molecule has 0 heterocycles. The zero-order chi connectivity index (χ0) is 46.8. The highest BCUT2D eigenvalue weighted by Gasteiger charge is 2.34. The van der Waals surface area contributed by atoms with Gasteiger partial charge in [0.25, 0.3) is 0 Å². The highest BCUT2D eigenvalue weighted by molar-refractivity contribution is 5.79. The monoisotopic (exact) mass is 897 g/mol. The average molecular weight is 897 g/mol. The van der Waals surface area contributed by atoms with E-state index in [1.54, 1.807) is 0 Å². The van der Waals surface area contributed by atoms with E-state index in [0.717, 1.165) is 64.2 Å². The zero-order valence-electron chi connectivity index (χ0n) is 40.0. The normalized spacial score (nSPS) is 11.3. The first-order valence-electron chi connectivity index (χ1n) is 24.2. The number of hydrogen-bond donors (Lipinski definition) is 6. The summed E-state index contributed by atoms with van der Waals surface area (Å²) in [6, 6.07) is 0. The first-order chi connectivity index (χ1) is 30.4. The van der Waals surface area contributed by atoms with Gasteiger partial charge >= 0.3 is 0 Å².